The minimum absolute atomic E-state index is 0.383. The molecular weight excluding hydrogens is 252 g/mol. The smallest absolute Gasteiger partial charge is 0.171 e. The fraction of sp³-hybridized carbons (Fsp3) is 0.308. The van der Waals surface area contributed by atoms with Gasteiger partial charge in [-0.1, -0.05) is 16.8 Å². The highest BCUT2D eigenvalue weighted by Gasteiger charge is 2.17. The number of benzene rings is 1. The topological polar surface area (TPSA) is 61.3 Å². The maximum Gasteiger partial charge on any atom is 0.171 e. The van der Waals surface area contributed by atoms with Crippen molar-refractivity contribution < 1.29 is 9.26 Å². The van der Waals surface area contributed by atoms with E-state index in [0.717, 1.165) is 22.4 Å². The molecule has 2 N–H and O–H groups in total. The molecule has 5 heteroatoms. The summed E-state index contributed by atoms with van der Waals surface area (Å²) in [5.74, 6) is 1.32. The molecular formula is C13H15ClN2O2. The first-order valence-electron chi connectivity index (χ1n) is 5.58. The van der Waals surface area contributed by atoms with E-state index in [1.54, 1.807) is 7.11 Å². The van der Waals surface area contributed by atoms with Crippen molar-refractivity contribution in [3.8, 4) is 17.1 Å². The summed E-state index contributed by atoms with van der Waals surface area (Å²) in [6, 6.07) is 3.69. The van der Waals surface area contributed by atoms with Crippen LogP contribution >= 0.6 is 11.6 Å². The van der Waals surface area contributed by atoms with Gasteiger partial charge in [0.15, 0.2) is 5.76 Å². The molecule has 2 aromatic rings. The van der Waals surface area contributed by atoms with Crippen LogP contribution in [0.15, 0.2) is 16.7 Å². The molecule has 0 aliphatic heterocycles. The Kier molecular flexibility index (Phi) is 3.59. The second-order valence-electron chi connectivity index (χ2n) is 4.08. The molecule has 1 aromatic heterocycles. The molecule has 0 radical (unpaired) electrons. The van der Waals surface area contributed by atoms with E-state index in [9.17, 15) is 0 Å². The molecule has 0 aliphatic rings. The maximum atomic E-state index is 6.14. The summed E-state index contributed by atoms with van der Waals surface area (Å²) in [4.78, 5) is 0. The van der Waals surface area contributed by atoms with Crippen LogP contribution in [0.4, 0.5) is 0 Å². The van der Waals surface area contributed by atoms with Crippen LogP contribution in [0.1, 0.15) is 16.8 Å². The lowest BCUT2D eigenvalue weighted by Crippen LogP contribution is -1.99. The summed E-state index contributed by atoms with van der Waals surface area (Å²) in [5.41, 5.74) is 9.32. The summed E-state index contributed by atoms with van der Waals surface area (Å²) in [6.45, 7) is 4.22. The fourth-order valence-electron chi connectivity index (χ4n) is 1.90. The van der Waals surface area contributed by atoms with Gasteiger partial charge in [-0.2, -0.15) is 0 Å². The zero-order valence-corrected chi connectivity index (χ0v) is 11.3. The van der Waals surface area contributed by atoms with Crippen LogP contribution < -0.4 is 10.5 Å². The third-order valence-corrected chi connectivity index (χ3v) is 3.23. The Hall–Kier alpha value is -1.52. The van der Waals surface area contributed by atoms with Crippen LogP contribution in [0.5, 0.6) is 5.75 Å². The molecule has 0 saturated heterocycles. The van der Waals surface area contributed by atoms with E-state index in [0.29, 0.717) is 23.1 Å². The predicted molar refractivity (Wildman–Crippen MR) is 70.9 cm³/mol. The average Bonchev–Trinajstić information content (AvgIpc) is 2.72. The number of halogens is 1. The van der Waals surface area contributed by atoms with E-state index in [2.05, 4.69) is 5.16 Å². The van der Waals surface area contributed by atoms with Crippen molar-refractivity contribution in [1.29, 1.82) is 0 Å². The maximum absolute atomic E-state index is 6.14. The van der Waals surface area contributed by atoms with E-state index in [4.69, 9.17) is 26.6 Å². The number of nitrogens with zero attached hydrogens (tertiary/aromatic N) is 1. The van der Waals surface area contributed by atoms with Crippen molar-refractivity contribution in [2.24, 2.45) is 5.73 Å². The Bertz CT molecular complexity index is 579. The third-order valence-electron chi connectivity index (χ3n) is 2.93. The van der Waals surface area contributed by atoms with Crippen molar-refractivity contribution in [1.82, 2.24) is 5.16 Å². The number of hydrogen-bond donors (Lipinski definition) is 1. The van der Waals surface area contributed by atoms with Crippen molar-refractivity contribution >= 4 is 11.6 Å². The molecule has 0 spiro atoms. The first-order valence-corrected chi connectivity index (χ1v) is 5.96. The van der Waals surface area contributed by atoms with Crippen LogP contribution in [0.3, 0.4) is 0 Å². The molecule has 0 aliphatic carbocycles. The lowest BCUT2D eigenvalue weighted by Gasteiger charge is -2.09. The van der Waals surface area contributed by atoms with Crippen molar-refractivity contribution in [3.63, 3.8) is 0 Å². The first kappa shape index (κ1) is 12.9. The standard InChI is InChI=1S/C13H15ClN2O2/c1-7-4-12(17-3)11(14)5-9(7)13-10(6-15)8(2)16-18-13/h4-5H,6,15H2,1-3H3. The number of methoxy groups -OCH3 is 1. The molecule has 0 bridgehead atoms. The molecule has 1 heterocycles. The lowest BCUT2D eigenvalue weighted by molar-refractivity contribution is 0.414. The second-order valence-corrected chi connectivity index (χ2v) is 4.49. The van der Waals surface area contributed by atoms with Crippen LogP contribution in [-0.4, -0.2) is 12.3 Å². The van der Waals surface area contributed by atoms with Crippen LogP contribution in [0.25, 0.3) is 11.3 Å². The number of aryl methyl sites for hydroxylation is 2. The summed E-state index contributed by atoms with van der Waals surface area (Å²) in [6.07, 6.45) is 0. The summed E-state index contributed by atoms with van der Waals surface area (Å²) in [5, 5.41) is 4.48. The van der Waals surface area contributed by atoms with Gasteiger partial charge in [0.25, 0.3) is 0 Å². The Morgan fingerprint density at radius 3 is 2.72 bits per heavy atom. The second kappa shape index (κ2) is 5.00. The van der Waals surface area contributed by atoms with E-state index in [-0.39, 0.29) is 0 Å². The van der Waals surface area contributed by atoms with E-state index < -0.39 is 0 Å². The highest BCUT2D eigenvalue weighted by molar-refractivity contribution is 6.32. The molecule has 18 heavy (non-hydrogen) atoms. The number of rotatable bonds is 3. The highest BCUT2D eigenvalue weighted by Crippen LogP contribution is 2.35. The van der Waals surface area contributed by atoms with Gasteiger partial charge in [0.05, 0.1) is 17.8 Å². The minimum atomic E-state index is 0.383. The van der Waals surface area contributed by atoms with Gasteiger partial charge >= 0.3 is 0 Å². The number of aromatic nitrogens is 1. The van der Waals surface area contributed by atoms with Gasteiger partial charge in [-0.3, -0.25) is 0 Å². The lowest BCUT2D eigenvalue weighted by atomic mass is 10.0. The van der Waals surface area contributed by atoms with Gasteiger partial charge in [-0.25, -0.2) is 0 Å². The third kappa shape index (κ3) is 2.09. The van der Waals surface area contributed by atoms with Gasteiger partial charge in [0.1, 0.15) is 5.75 Å². The van der Waals surface area contributed by atoms with Crippen LogP contribution in [0.2, 0.25) is 5.02 Å². The molecule has 0 unspecified atom stereocenters. The highest BCUT2D eigenvalue weighted by atomic mass is 35.5. The van der Waals surface area contributed by atoms with E-state index in [1.165, 1.54) is 0 Å². The SMILES string of the molecule is COc1cc(C)c(-c2onc(C)c2CN)cc1Cl. The normalized spacial score (nSPS) is 10.7. The Morgan fingerprint density at radius 2 is 2.11 bits per heavy atom. The average molecular weight is 267 g/mol. The Labute approximate surface area is 111 Å². The molecule has 0 saturated carbocycles. The van der Waals surface area contributed by atoms with Gasteiger partial charge in [-0.15, -0.1) is 0 Å². The molecule has 0 atom stereocenters. The zero-order valence-electron chi connectivity index (χ0n) is 10.6. The van der Waals surface area contributed by atoms with Crippen molar-refractivity contribution in [3.05, 3.63) is 34.0 Å². The van der Waals surface area contributed by atoms with Gasteiger partial charge < -0.3 is 15.0 Å². The largest absolute Gasteiger partial charge is 0.495 e. The quantitative estimate of drug-likeness (QED) is 0.927. The Balaban J connectivity index is 2.60. The van der Waals surface area contributed by atoms with Gasteiger partial charge in [0, 0.05) is 17.7 Å². The van der Waals surface area contributed by atoms with E-state index >= 15 is 0 Å². The molecule has 0 fully saturated rings. The number of nitrogens with two attached hydrogens (primary N) is 1. The fourth-order valence-corrected chi connectivity index (χ4v) is 2.14. The molecule has 2 rings (SSSR count). The summed E-state index contributed by atoms with van der Waals surface area (Å²) < 4.78 is 10.5. The first-order chi connectivity index (χ1) is 8.58. The summed E-state index contributed by atoms with van der Waals surface area (Å²) >= 11 is 6.14. The van der Waals surface area contributed by atoms with Crippen LogP contribution in [0, 0.1) is 13.8 Å². The van der Waals surface area contributed by atoms with Crippen molar-refractivity contribution in [2.75, 3.05) is 7.11 Å². The monoisotopic (exact) mass is 266 g/mol. The number of hydrogen-bond acceptors (Lipinski definition) is 4. The molecule has 96 valence electrons. The Morgan fingerprint density at radius 1 is 1.39 bits per heavy atom. The number of ether oxygens (including phenoxy) is 1. The summed E-state index contributed by atoms with van der Waals surface area (Å²) in [7, 11) is 1.59. The van der Waals surface area contributed by atoms with E-state index in [1.807, 2.05) is 26.0 Å². The van der Waals surface area contributed by atoms with Gasteiger partial charge in [-0.05, 0) is 31.5 Å². The van der Waals surface area contributed by atoms with Crippen LogP contribution in [-0.2, 0) is 6.54 Å². The zero-order chi connectivity index (χ0) is 13.3. The van der Waals surface area contributed by atoms with Gasteiger partial charge in [0.2, 0.25) is 0 Å². The molecule has 0 amide bonds. The molecule has 1 aromatic carbocycles. The molecule has 4 nitrogen and oxygen atoms in total. The minimum Gasteiger partial charge on any atom is -0.495 e. The predicted octanol–water partition coefficient (Wildman–Crippen LogP) is 3.08. The van der Waals surface area contributed by atoms with Crippen molar-refractivity contribution in [2.45, 2.75) is 20.4 Å².